The summed E-state index contributed by atoms with van der Waals surface area (Å²) in [5.74, 6) is 0. The third kappa shape index (κ3) is 4.55. The molecule has 0 aliphatic rings. The summed E-state index contributed by atoms with van der Waals surface area (Å²) in [5, 5.41) is 0. The number of hydrogen-bond donors (Lipinski definition) is 1. The Labute approximate surface area is 123 Å². The van der Waals surface area contributed by atoms with E-state index in [9.17, 15) is 0 Å². The minimum absolute atomic E-state index is 0.420. The molecule has 0 atom stereocenters. The highest BCUT2D eigenvalue weighted by atomic mass is 79.9. The summed E-state index contributed by atoms with van der Waals surface area (Å²) < 4.78 is 0.951. The van der Waals surface area contributed by atoms with Gasteiger partial charge in [0.25, 0.3) is 0 Å². The van der Waals surface area contributed by atoms with E-state index in [2.05, 4.69) is 59.0 Å². The van der Waals surface area contributed by atoms with E-state index in [1.54, 1.807) is 0 Å². The Hall–Kier alpha value is -0.650. The van der Waals surface area contributed by atoms with Crippen LogP contribution in [0.25, 0.3) is 0 Å². The molecular weight excluding hydrogens is 310 g/mol. The van der Waals surface area contributed by atoms with Crippen LogP contribution >= 0.6 is 28.1 Å². The van der Waals surface area contributed by atoms with Gasteiger partial charge in [0.15, 0.2) is 0 Å². The van der Waals surface area contributed by atoms with Crippen LogP contribution in [0.4, 0.5) is 5.69 Å². The van der Waals surface area contributed by atoms with Crippen LogP contribution in [0.2, 0.25) is 0 Å². The van der Waals surface area contributed by atoms with Crippen LogP contribution in [0.3, 0.4) is 0 Å². The summed E-state index contributed by atoms with van der Waals surface area (Å²) in [6, 6.07) is 6.07. The molecule has 1 aromatic rings. The van der Waals surface area contributed by atoms with Crippen molar-refractivity contribution < 1.29 is 0 Å². The Bertz CT molecular complexity index is 421. The zero-order valence-electron chi connectivity index (χ0n) is 11.1. The maximum Gasteiger partial charge on any atom is 0.105 e. The number of benzene rings is 1. The molecule has 0 heterocycles. The predicted molar refractivity (Wildman–Crippen MR) is 86.5 cm³/mol. The molecule has 0 saturated carbocycles. The molecule has 0 unspecified atom stereocenters. The first kappa shape index (κ1) is 15.4. The van der Waals surface area contributed by atoms with Gasteiger partial charge in [0, 0.05) is 29.3 Å². The van der Waals surface area contributed by atoms with E-state index in [1.807, 2.05) is 6.07 Å². The first-order valence-corrected chi connectivity index (χ1v) is 7.07. The van der Waals surface area contributed by atoms with Gasteiger partial charge in [-0.25, -0.2) is 0 Å². The molecule has 2 N–H and O–H groups in total. The fourth-order valence-corrected chi connectivity index (χ4v) is 2.58. The number of nitrogens with two attached hydrogens (primary N) is 1. The third-order valence-electron chi connectivity index (χ3n) is 2.76. The molecule has 0 saturated heterocycles. The second-order valence-electron chi connectivity index (χ2n) is 4.61. The molecule has 0 aliphatic carbocycles. The van der Waals surface area contributed by atoms with E-state index in [1.165, 1.54) is 5.69 Å². The highest BCUT2D eigenvalue weighted by Gasteiger charge is 2.06. The number of anilines is 1. The van der Waals surface area contributed by atoms with Gasteiger partial charge in [0.1, 0.15) is 4.99 Å². The molecule has 0 spiro atoms. The molecule has 0 aliphatic heterocycles. The second kappa shape index (κ2) is 7.07. The molecule has 0 radical (unpaired) electrons. The highest BCUT2D eigenvalue weighted by molar-refractivity contribution is 9.10. The Morgan fingerprint density at radius 3 is 2.44 bits per heavy atom. The molecule has 100 valence electrons. The van der Waals surface area contributed by atoms with Crippen molar-refractivity contribution in [2.45, 2.75) is 6.42 Å². The monoisotopic (exact) mass is 329 g/mol. The van der Waals surface area contributed by atoms with Crippen molar-refractivity contribution in [1.82, 2.24) is 4.90 Å². The van der Waals surface area contributed by atoms with Gasteiger partial charge in [-0.05, 0) is 61.2 Å². The molecule has 0 fully saturated rings. The van der Waals surface area contributed by atoms with Gasteiger partial charge >= 0.3 is 0 Å². The largest absolute Gasteiger partial charge is 0.389 e. The van der Waals surface area contributed by atoms with Crippen LogP contribution in [-0.4, -0.2) is 44.1 Å². The highest BCUT2D eigenvalue weighted by Crippen LogP contribution is 2.23. The lowest BCUT2D eigenvalue weighted by Crippen LogP contribution is -2.23. The van der Waals surface area contributed by atoms with E-state index in [4.69, 9.17) is 18.0 Å². The van der Waals surface area contributed by atoms with E-state index in [-0.39, 0.29) is 0 Å². The maximum absolute atomic E-state index is 5.64. The third-order valence-corrected chi connectivity index (χ3v) is 3.63. The van der Waals surface area contributed by atoms with Crippen LogP contribution in [0.15, 0.2) is 22.7 Å². The summed E-state index contributed by atoms with van der Waals surface area (Å²) >= 11 is 8.49. The zero-order chi connectivity index (χ0) is 13.7. The number of halogens is 1. The number of hydrogen-bond acceptors (Lipinski definition) is 3. The topological polar surface area (TPSA) is 32.5 Å². The Morgan fingerprint density at radius 1 is 1.28 bits per heavy atom. The van der Waals surface area contributed by atoms with Gasteiger partial charge in [-0.15, -0.1) is 0 Å². The predicted octanol–water partition coefficient (Wildman–Crippen LogP) is 2.47. The number of thiocarbonyl (C=S) groups is 1. The van der Waals surface area contributed by atoms with Crippen LogP contribution in [0.1, 0.15) is 12.0 Å². The van der Waals surface area contributed by atoms with Crippen molar-refractivity contribution in [1.29, 1.82) is 0 Å². The molecule has 0 aromatic heterocycles. The molecule has 1 aromatic carbocycles. The van der Waals surface area contributed by atoms with Crippen molar-refractivity contribution in [3.63, 3.8) is 0 Å². The van der Waals surface area contributed by atoms with Gasteiger partial charge in [0.05, 0.1) is 0 Å². The van der Waals surface area contributed by atoms with Gasteiger partial charge in [-0.1, -0.05) is 12.2 Å². The van der Waals surface area contributed by atoms with E-state index in [0.29, 0.717) is 4.99 Å². The summed E-state index contributed by atoms with van der Waals surface area (Å²) in [6.45, 7) is 2.12. The lowest BCUT2D eigenvalue weighted by Gasteiger charge is -2.21. The van der Waals surface area contributed by atoms with E-state index >= 15 is 0 Å². The Balaban J connectivity index is 2.66. The fraction of sp³-hybridized carbons (Fsp3) is 0.462. The zero-order valence-corrected chi connectivity index (χ0v) is 13.5. The normalized spacial score (nSPS) is 10.7. The summed E-state index contributed by atoms with van der Waals surface area (Å²) in [7, 11) is 6.28. The van der Waals surface area contributed by atoms with Crippen molar-refractivity contribution in [2.75, 3.05) is 39.1 Å². The Morgan fingerprint density at radius 2 is 1.94 bits per heavy atom. The van der Waals surface area contributed by atoms with E-state index < -0.39 is 0 Å². The van der Waals surface area contributed by atoms with Crippen LogP contribution < -0.4 is 10.6 Å². The lowest BCUT2D eigenvalue weighted by atomic mass is 10.2. The van der Waals surface area contributed by atoms with Crippen molar-refractivity contribution in [3.8, 4) is 0 Å². The SMILES string of the molecule is CN(C)CCCN(C)c1ccc(C(N)=S)c(Br)c1. The minimum atomic E-state index is 0.420. The first-order chi connectivity index (χ1) is 8.41. The average Bonchev–Trinajstić information content (AvgIpc) is 2.27. The average molecular weight is 330 g/mol. The molecule has 18 heavy (non-hydrogen) atoms. The van der Waals surface area contributed by atoms with Crippen LogP contribution in [0.5, 0.6) is 0 Å². The van der Waals surface area contributed by atoms with Gasteiger partial charge in [-0.3, -0.25) is 0 Å². The first-order valence-electron chi connectivity index (χ1n) is 5.87. The van der Waals surface area contributed by atoms with Crippen molar-refractivity contribution in [2.24, 2.45) is 5.73 Å². The summed E-state index contributed by atoms with van der Waals surface area (Å²) in [6.07, 6.45) is 1.14. The summed E-state index contributed by atoms with van der Waals surface area (Å²) in [4.78, 5) is 4.85. The molecule has 0 bridgehead atoms. The molecular formula is C13H20BrN3S. The lowest BCUT2D eigenvalue weighted by molar-refractivity contribution is 0.401. The quantitative estimate of drug-likeness (QED) is 0.813. The Kier molecular flexibility index (Phi) is 6.05. The molecule has 0 amide bonds. The molecule has 5 heteroatoms. The van der Waals surface area contributed by atoms with Crippen LogP contribution in [0, 0.1) is 0 Å². The number of rotatable bonds is 6. The molecule has 3 nitrogen and oxygen atoms in total. The van der Waals surface area contributed by atoms with Gasteiger partial charge in [-0.2, -0.15) is 0 Å². The second-order valence-corrected chi connectivity index (χ2v) is 5.90. The fourth-order valence-electron chi connectivity index (χ4n) is 1.69. The van der Waals surface area contributed by atoms with Gasteiger partial charge < -0.3 is 15.5 Å². The number of nitrogens with zero attached hydrogens (tertiary/aromatic N) is 2. The smallest absolute Gasteiger partial charge is 0.105 e. The van der Waals surface area contributed by atoms with Gasteiger partial charge in [0.2, 0.25) is 0 Å². The van der Waals surface area contributed by atoms with Crippen molar-refractivity contribution in [3.05, 3.63) is 28.2 Å². The van der Waals surface area contributed by atoms with Crippen molar-refractivity contribution >= 4 is 38.8 Å². The van der Waals surface area contributed by atoms with E-state index in [0.717, 1.165) is 29.5 Å². The standard InChI is InChI=1S/C13H20BrN3S/c1-16(2)7-4-8-17(3)10-5-6-11(13(15)18)12(14)9-10/h5-6,9H,4,7-8H2,1-3H3,(H2,15,18). The maximum atomic E-state index is 5.64. The van der Waals surface area contributed by atoms with Crippen LogP contribution in [-0.2, 0) is 0 Å². The minimum Gasteiger partial charge on any atom is -0.389 e. The summed E-state index contributed by atoms with van der Waals surface area (Å²) in [5.41, 5.74) is 7.69. The molecule has 1 rings (SSSR count).